The largest absolute Gasteiger partial charge is 0.382 e. The van der Waals surface area contributed by atoms with Crippen LogP contribution in [0.15, 0.2) is 18.3 Å². The number of carbonyl (C=O) groups excluding carboxylic acids is 1. The Balaban J connectivity index is 1.92. The van der Waals surface area contributed by atoms with Crippen LogP contribution in [0.2, 0.25) is 0 Å². The Labute approximate surface area is 119 Å². The van der Waals surface area contributed by atoms with Crippen molar-refractivity contribution in [1.82, 2.24) is 4.57 Å². The second kappa shape index (κ2) is 10.6. The van der Waals surface area contributed by atoms with E-state index in [0.29, 0.717) is 45.3 Å². The first kappa shape index (κ1) is 16.8. The molecule has 114 valence electrons. The molecule has 0 aliphatic carbocycles. The lowest BCUT2D eigenvalue weighted by Gasteiger charge is -2.06. The molecular weight excluding hydrogens is 262 g/mol. The quantitative estimate of drug-likeness (QED) is 0.422. The van der Waals surface area contributed by atoms with Gasteiger partial charge >= 0.3 is 0 Å². The maximum atomic E-state index is 11.7. The van der Waals surface area contributed by atoms with Crippen molar-refractivity contribution in [2.24, 2.45) is 7.05 Å². The molecule has 20 heavy (non-hydrogen) atoms. The average molecular weight is 285 g/mol. The van der Waals surface area contributed by atoms with E-state index in [1.54, 1.807) is 17.7 Å². The Morgan fingerprint density at radius 2 is 1.65 bits per heavy atom. The third-order valence-corrected chi connectivity index (χ3v) is 2.64. The third-order valence-electron chi connectivity index (χ3n) is 2.64. The molecule has 0 atom stereocenters. The van der Waals surface area contributed by atoms with Crippen molar-refractivity contribution in [3.05, 3.63) is 24.0 Å². The Morgan fingerprint density at radius 3 is 2.20 bits per heavy atom. The minimum atomic E-state index is -0.0274. The zero-order valence-electron chi connectivity index (χ0n) is 12.2. The van der Waals surface area contributed by atoms with Crippen LogP contribution >= 0.6 is 0 Å². The third kappa shape index (κ3) is 6.81. The molecule has 1 aromatic rings. The van der Waals surface area contributed by atoms with E-state index in [0.717, 1.165) is 0 Å². The van der Waals surface area contributed by atoms with Crippen LogP contribution in [-0.4, -0.2) is 63.7 Å². The van der Waals surface area contributed by atoms with Gasteiger partial charge in [0.25, 0.3) is 0 Å². The van der Waals surface area contributed by atoms with Crippen LogP contribution in [-0.2, 0) is 26.0 Å². The summed E-state index contributed by atoms with van der Waals surface area (Å²) in [6, 6.07) is 3.61. The van der Waals surface area contributed by atoms with Crippen LogP contribution in [0.1, 0.15) is 10.5 Å². The predicted octanol–water partition coefficient (Wildman–Crippen LogP) is 0.904. The average Bonchev–Trinajstić information content (AvgIpc) is 2.87. The highest BCUT2D eigenvalue weighted by Crippen LogP contribution is 2.01. The van der Waals surface area contributed by atoms with Crippen molar-refractivity contribution in [1.29, 1.82) is 0 Å². The van der Waals surface area contributed by atoms with Gasteiger partial charge in [-0.3, -0.25) is 4.79 Å². The van der Waals surface area contributed by atoms with Crippen molar-refractivity contribution >= 4 is 5.78 Å². The van der Waals surface area contributed by atoms with E-state index in [2.05, 4.69) is 0 Å². The molecular formula is C14H23NO5. The molecule has 0 bridgehead atoms. The standard InChI is InChI=1S/C14H23NO5/c1-15-5-3-4-13(15)14(16)12-20-11-10-19-9-8-18-7-6-17-2/h3-5H,6-12H2,1-2H3. The highest BCUT2D eigenvalue weighted by molar-refractivity contribution is 5.95. The first-order valence-corrected chi connectivity index (χ1v) is 6.62. The molecule has 0 unspecified atom stereocenters. The number of hydrogen-bond acceptors (Lipinski definition) is 5. The van der Waals surface area contributed by atoms with Gasteiger partial charge in [-0.2, -0.15) is 0 Å². The van der Waals surface area contributed by atoms with E-state index >= 15 is 0 Å². The highest BCUT2D eigenvalue weighted by Gasteiger charge is 2.08. The fourth-order valence-electron chi connectivity index (χ4n) is 1.57. The van der Waals surface area contributed by atoms with E-state index in [9.17, 15) is 4.79 Å². The summed E-state index contributed by atoms with van der Waals surface area (Å²) in [5.41, 5.74) is 0.650. The number of rotatable bonds is 12. The van der Waals surface area contributed by atoms with Gasteiger partial charge in [-0.15, -0.1) is 0 Å². The molecule has 0 aliphatic rings. The van der Waals surface area contributed by atoms with Crippen LogP contribution in [0.3, 0.4) is 0 Å². The van der Waals surface area contributed by atoms with Crippen LogP contribution in [0.5, 0.6) is 0 Å². The molecule has 1 rings (SSSR count). The van der Waals surface area contributed by atoms with Gasteiger partial charge in [0, 0.05) is 20.4 Å². The number of methoxy groups -OCH3 is 1. The zero-order valence-corrected chi connectivity index (χ0v) is 12.2. The van der Waals surface area contributed by atoms with Gasteiger partial charge in [-0.25, -0.2) is 0 Å². The predicted molar refractivity (Wildman–Crippen MR) is 74.1 cm³/mol. The molecule has 1 aromatic heterocycles. The topological polar surface area (TPSA) is 58.9 Å². The van der Waals surface area contributed by atoms with Gasteiger partial charge in [0.1, 0.15) is 6.61 Å². The summed E-state index contributed by atoms with van der Waals surface area (Å²) in [5.74, 6) is -0.0274. The second-order valence-electron chi connectivity index (χ2n) is 4.20. The van der Waals surface area contributed by atoms with Crippen molar-refractivity contribution < 1.29 is 23.7 Å². The lowest BCUT2D eigenvalue weighted by molar-refractivity contribution is 0.00484. The number of nitrogens with zero attached hydrogens (tertiary/aromatic N) is 1. The Bertz CT molecular complexity index is 377. The number of aryl methyl sites for hydroxylation is 1. The molecule has 6 nitrogen and oxygen atoms in total. The van der Waals surface area contributed by atoms with Gasteiger partial charge in [-0.05, 0) is 12.1 Å². The number of ketones is 1. The summed E-state index contributed by atoms with van der Waals surface area (Å²) < 4.78 is 22.4. The molecule has 0 fully saturated rings. The van der Waals surface area contributed by atoms with Crippen LogP contribution in [0.4, 0.5) is 0 Å². The van der Waals surface area contributed by atoms with E-state index in [1.807, 2.05) is 19.3 Å². The highest BCUT2D eigenvalue weighted by atomic mass is 16.6. The van der Waals surface area contributed by atoms with Crippen molar-refractivity contribution in [2.75, 3.05) is 53.4 Å². The Kier molecular flexibility index (Phi) is 8.90. The lowest BCUT2D eigenvalue weighted by atomic mass is 10.3. The molecule has 0 spiro atoms. The summed E-state index contributed by atoms with van der Waals surface area (Å²) in [4.78, 5) is 11.7. The fourth-order valence-corrected chi connectivity index (χ4v) is 1.57. The number of carbonyl (C=O) groups is 1. The molecule has 0 radical (unpaired) electrons. The maximum absolute atomic E-state index is 11.7. The number of hydrogen-bond donors (Lipinski definition) is 0. The first-order chi connectivity index (χ1) is 9.75. The smallest absolute Gasteiger partial charge is 0.204 e. The fraction of sp³-hybridized carbons (Fsp3) is 0.643. The molecule has 0 aliphatic heterocycles. The number of aromatic nitrogens is 1. The first-order valence-electron chi connectivity index (χ1n) is 6.62. The summed E-state index contributed by atoms with van der Waals surface area (Å²) in [6.07, 6.45) is 1.83. The molecule has 1 heterocycles. The summed E-state index contributed by atoms with van der Waals surface area (Å²) in [5, 5.41) is 0. The molecule has 0 amide bonds. The van der Waals surface area contributed by atoms with E-state index in [-0.39, 0.29) is 12.4 Å². The van der Waals surface area contributed by atoms with E-state index < -0.39 is 0 Å². The molecule has 0 aromatic carbocycles. The Morgan fingerprint density at radius 1 is 1.05 bits per heavy atom. The van der Waals surface area contributed by atoms with Crippen molar-refractivity contribution in [2.45, 2.75) is 0 Å². The van der Waals surface area contributed by atoms with Crippen molar-refractivity contribution in [3.8, 4) is 0 Å². The summed E-state index contributed by atoms with van der Waals surface area (Å²) >= 11 is 0. The normalized spacial score (nSPS) is 10.9. The lowest BCUT2D eigenvalue weighted by Crippen LogP contribution is -2.16. The van der Waals surface area contributed by atoms with E-state index in [1.165, 1.54) is 0 Å². The maximum Gasteiger partial charge on any atom is 0.204 e. The van der Waals surface area contributed by atoms with Crippen LogP contribution in [0.25, 0.3) is 0 Å². The van der Waals surface area contributed by atoms with E-state index in [4.69, 9.17) is 18.9 Å². The SMILES string of the molecule is COCCOCCOCCOCC(=O)c1cccn1C. The summed E-state index contributed by atoms with van der Waals surface area (Å²) in [6.45, 7) is 3.13. The monoisotopic (exact) mass is 285 g/mol. The van der Waals surface area contributed by atoms with Gasteiger partial charge in [0.05, 0.1) is 45.3 Å². The molecule has 6 heteroatoms. The minimum absolute atomic E-state index is 0.0274. The number of Topliss-reactive ketones (excluding diaryl/α,β-unsaturated/α-hetero) is 1. The number of ether oxygens (including phenoxy) is 4. The Hall–Kier alpha value is -1.21. The second-order valence-corrected chi connectivity index (χ2v) is 4.20. The van der Waals surface area contributed by atoms with Crippen LogP contribution < -0.4 is 0 Å². The van der Waals surface area contributed by atoms with Gasteiger partial charge in [0.15, 0.2) is 0 Å². The van der Waals surface area contributed by atoms with Gasteiger partial charge < -0.3 is 23.5 Å². The van der Waals surface area contributed by atoms with Gasteiger partial charge in [-0.1, -0.05) is 0 Å². The molecule has 0 saturated heterocycles. The zero-order chi connectivity index (χ0) is 14.6. The van der Waals surface area contributed by atoms with Crippen LogP contribution in [0, 0.1) is 0 Å². The molecule has 0 N–H and O–H groups in total. The molecule has 0 saturated carbocycles. The van der Waals surface area contributed by atoms with Gasteiger partial charge in [0.2, 0.25) is 5.78 Å². The minimum Gasteiger partial charge on any atom is -0.382 e. The van der Waals surface area contributed by atoms with Crippen molar-refractivity contribution in [3.63, 3.8) is 0 Å². The summed E-state index contributed by atoms with van der Waals surface area (Å²) in [7, 11) is 3.47.